The van der Waals surface area contributed by atoms with E-state index in [9.17, 15) is 13.2 Å². The monoisotopic (exact) mass is 349 g/mol. The standard InChI is InChI=1S/C15H19N5O3S/c21-15(17-9-12-4-8-24(22,23)11-12)18-10-13-3-1-5-16-14(13)20-7-2-6-19-20/h1-3,5-7,12H,4,8-11H2,(H2,17,18,21). The Morgan fingerprint density at radius 2 is 2.17 bits per heavy atom. The van der Waals surface area contributed by atoms with Gasteiger partial charge in [-0.15, -0.1) is 0 Å². The summed E-state index contributed by atoms with van der Waals surface area (Å²) in [6, 6.07) is 5.14. The largest absolute Gasteiger partial charge is 0.338 e. The zero-order valence-electron chi connectivity index (χ0n) is 13.1. The molecule has 1 fully saturated rings. The third-order valence-corrected chi connectivity index (χ3v) is 5.74. The van der Waals surface area contributed by atoms with Crippen molar-refractivity contribution in [3.63, 3.8) is 0 Å². The van der Waals surface area contributed by atoms with E-state index >= 15 is 0 Å². The molecule has 128 valence electrons. The number of sulfone groups is 1. The van der Waals surface area contributed by atoms with Gasteiger partial charge in [0.15, 0.2) is 15.7 Å². The Hall–Kier alpha value is -2.42. The second-order valence-corrected chi connectivity index (χ2v) is 8.00. The lowest BCUT2D eigenvalue weighted by molar-refractivity contribution is 0.239. The topological polar surface area (TPSA) is 106 Å². The molecule has 1 aliphatic heterocycles. The Morgan fingerprint density at radius 3 is 2.88 bits per heavy atom. The van der Waals surface area contributed by atoms with E-state index in [4.69, 9.17) is 0 Å². The minimum absolute atomic E-state index is 0.00113. The van der Waals surface area contributed by atoms with Gasteiger partial charge in [-0.1, -0.05) is 6.07 Å². The molecule has 0 aliphatic carbocycles. The molecule has 1 aliphatic rings. The quantitative estimate of drug-likeness (QED) is 0.818. The number of aromatic nitrogens is 3. The third-order valence-electron chi connectivity index (χ3n) is 3.91. The van der Waals surface area contributed by atoms with Crippen LogP contribution in [0.2, 0.25) is 0 Å². The highest BCUT2D eigenvalue weighted by Crippen LogP contribution is 2.17. The summed E-state index contributed by atoms with van der Waals surface area (Å²) in [6.45, 7) is 0.669. The van der Waals surface area contributed by atoms with Crippen LogP contribution in [0.3, 0.4) is 0 Å². The number of pyridine rings is 1. The van der Waals surface area contributed by atoms with Crippen LogP contribution in [0, 0.1) is 5.92 Å². The molecule has 1 saturated heterocycles. The van der Waals surface area contributed by atoms with Crippen LogP contribution in [0.1, 0.15) is 12.0 Å². The molecule has 3 rings (SSSR count). The van der Waals surface area contributed by atoms with E-state index in [1.54, 1.807) is 35.4 Å². The number of amides is 2. The summed E-state index contributed by atoms with van der Waals surface area (Å²) in [7, 11) is -2.92. The van der Waals surface area contributed by atoms with Crippen LogP contribution in [0.15, 0.2) is 36.8 Å². The van der Waals surface area contributed by atoms with E-state index in [0.717, 1.165) is 5.56 Å². The van der Waals surface area contributed by atoms with Crippen molar-refractivity contribution in [3.8, 4) is 5.82 Å². The van der Waals surface area contributed by atoms with Gasteiger partial charge in [0.1, 0.15) is 0 Å². The third kappa shape index (κ3) is 4.10. The smallest absolute Gasteiger partial charge is 0.315 e. The zero-order chi connectivity index (χ0) is 17.0. The number of nitrogens with one attached hydrogen (secondary N) is 2. The summed E-state index contributed by atoms with van der Waals surface area (Å²) >= 11 is 0. The first-order chi connectivity index (χ1) is 11.5. The van der Waals surface area contributed by atoms with Crippen molar-refractivity contribution < 1.29 is 13.2 Å². The lowest BCUT2D eigenvalue weighted by Crippen LogP contribution is -2.38. The van der Waals surface area contributed by atoms with Crippen molar-refractivity contribution in [2.75, 3.05) is 18.1 Å². The van der Waals surface area contributed by atoms with Crippen LogP contribution >= 0.6 is 0 Å². The molecule has 1 unspecified atom stereocenters. The highest BCUT2D eigenvalue weighted by molar-refractivity contribution is 7.91. The summed E-state index contributed by atoms with van der Waals surface area (Å²) in [4.78, 5) is 16.2. The zero-order valence-corrected chi connectivity index (χ0v) is 13.9. The van der Waals surface area contributed by atoms with E-state index in [1.807, 2.05) is 6.07 Å². The molecule has 0 spiro atoms. The predicted octanol–water partition coefficient (Wildman–Crippen LogP) is 0.501. The number of carbonyl (C=O) groups is 1. The van der Waals surface area contributed by atoms with Gasteiger partial charge in [-0.25, -0.2) is 22.9 Å². The lowest BCUT2D eigenvalue weighted by Gasteiger charge is -2.12. The van der Waals surface area contributed by atoms with Crippen LogP contribution in [0.25, 0.3) is 5.82 Å². The number of carbonyl (C=O) groups excluding carboxylic acids is 1. The van der Waals surface area contributed by atoms with E-state index in [0.29, 0.717) is 25.3 Å². The van der Waals surface area contributed by atoms with Crippen LogP contribution in [0.5, 0.6) is 0 Å². The maximum absolute atomic E-state index is 11.9. The Labute approximate surface area is 140 Å². The minimum atomic E-state index is -2.92. The molecule has 2 aromatic rings. The number of hydrogen-bond acceptors (Lipinski definition) is 5. The molecule has 0 aromatic carbocycles. The van der Waals surface area contributed by atoms with Gasteiger partial charge < -0.3 is 10.6 Å². The van der Waals surface area contributed by atoms with Crippen LogP contribution in [-0.2, 0) is 16.4 Å². The lowest BCUT2D eigenvalue weighted by atomic mass is 10.1. The molecule has 2 amide bonds. The maximum atomic E-state index is 11.9. The van der Waals surface area contributed by atoms with Crippen molar-refractivity contribution in [2.45, 2.75) is 13.0 Å². The number of rotatable bonds is 5. The average molecular weight is 349 g/mol. The Kier molecular flexibility index (Phi) is 4.79. The van der Waals surface area contributed by atoms with Crippen LogP contribution < -0.4 is 10.6 Å². The van der Waals surface area contributed by atoms with Gasteiger partial charge in [0, 0.05) is 37.2 Å². The van der Waals surface area contributed by atoms with E-state index in [1.165, 1.54) is 0 Å². The fourth-order valence-corrected chi connectivity index (χ4v) is 4.54. The van der Waals surface area contributed by atoms with Crippen molar-refractivity contribution in [1.82, 2.24) is 25.4 Å². The first-order valence-corrected chi connectivity index (χ1v) is 9.52. The first-order valence-electron chi connectivity index (χ1n) is 7.69. The Balaban J connectivity index is 1.52. The number of hydrogen-bond donors (Lipinski definition) is 2. The second-order valence-electron chi connectivity index (χ2n) is 5.77. The number of nitrogens with zero attached hydrogens (tertiary/aromatic N) is 3. The SMILES string of the molecule is O=C(NCc1cccnc1-n1cccn1)NCC1CCS(=O)(=O)C1. The molecule has 24 heavy (non-hydrogen) atoms. The van der Waals surface area contributed by atoms with Crippen LogP contribution in [-0.4, -0.2) is 47.3 Å². The van der Waals surface area contributed by atoms with Crippen LogP contribution in [0.4, 0.5) is 4.79 Å². The normalized spacial score (nSPS) is 19.1. The fourth-order valence-electron chi connectivity index (χ4n) is 2.68. The van der Waals surface area contributed by atoms with Crippen molar-refractivity contribution in [2.24, 2.45) is 5.92 Å². The summed E-state index contributed by atoms with van der Waals surface area (Å²) in [6.07, 6.45) is 5.72. The van der Waals surface area contributed by atoms with Gasteiger partial charge in [0.2, 0.25) is 0 Å². The summed E-state index contributed by atoms with van der Waals surface area (Å²) in [5.41, 5.74) is 0.833. The molecule has 0 radical (unpaired) electrons. The average Bonchev–Trinajstić information content (AvgIpc) is 3.20. The summed E-state index contributed by atoms with van der Waals surface area (Å²) in [5.74, 6) is 1.02. The molecule has 9 heteroatoms. The Morgan fingerprint density at radius 1 is 1.29 bits per heavy atom. The predicted molar refractivity (Wildman–Crippen MR) is 88.4 cm³/mol. The highest BCUT2D eigenvalue weighted by atomic mass is 32.2. The highest BCUT2D eigenvalue weighted by Gasteiger charge is 2.27. The van der Waals surface area contributed by atoms with Gasteiger partial charge in [-0.2, -0.15) is 5.10 Å². The fraction of sp³-hybridized carbons (Fsp3) is 0.400. The minimum Gasteiger partial charge on any atom is -0.338 e. The molecule has 3 heterocycles. The molecule has 8 nitrogen and oxygen atoms in total. The first kappa shape index (κ1) is 16.4. The molecular weight excluding hydrogens is 330 g/mol. The molecular formula is C15H19N5O3S. The number of urea groups is 1. The van der Waals surface area contributed by atoms with E-state index in [-0.39, 0.29) is 23.5 Å². The molecule has 0 saturated carbocycles. The van der Waals surface area contributed by atoms with Gasteiger partial charge >= 0.3 is 6.03 Å². The maximum Gasteiger partial charge on any atom is 0.315 e. The second kappa shape index (κ2) is 7.00. The van der Waals surface area contributed by atoms with E-state index < -0.39 is 9.84 Å². The van der Waals surface area contributed by atoms with Gasteiger partial charge in [-0.3, -0.25) is 0 Å². The molecule has 2 N–H and O–H groups in total. The van der Waals surface area contributed by atoms with E-state index in [2.05, 4.69) is 20.7 Å². The van der Waals surface area contributed by atoms with Crippen molar-refractivity contribution in [1.29, 1.82) is 0 Å². The Bertz CT molecular complexity index is 804. The van der Waals surface area contributed by atoms with Gasteiger partial charge in [0.25, 0.3) is 0 Å². The van der Waals surface area contributed by atoms with Crippen molar-refractivity contribution >= 4 is 15.9 Å². The van der Waals surface area contributed by atoms with Gasteiger partial charge in [0.05, 0.1) is 11.5 Å². The molecule has 2 aromatic heterocycles. The van der Waals surface area contributed by atoms with Gasteiger partial charge in [-0.05, 0) is 24.5 Å². The summed E-state index contributed by atoms with van der Waals surface area (Å²) in [5, 5.41) is 9.64. The molecule has 0 bridgehead atoms. The summed E-state index contributed by atoms with van der Waals surface area (Å²) < 4.78 is 24.4. The van der Waals surface area contributed by atoms with Crippen molar-refractivity contribution in [3.05, 3.63) is 42.4 Å². The molecule has 1 atom stereocenters.